The van der Waals surface area contributed by atoms with Crippen molar-refractivity contribution in [2.75, 3.05) is 25.5 Å². The minimum atomic E-state index is -0.0670. The molecule has 1 amide bonds. The lowest BCUT2D eigenvalue weighted by Crippen LogP contribution is -2.35. The van der Waals surface area contributed by atoms with Crippen LogP contribution in [0.1, 0.15) is 6.92 Å². The van der Waals surface area contributed by atoms with Gasteiger partial charge in [-0.1, -0.05) is 11.6 Å². The Balaban J connectivity index is 2.40. The Labute approximate surface area is 122 Å². The summed E-state index contributed by atoms with van der Waals surface area (Å²) in [6.45, 7) is 2.53. The summed E-state index contributed by atoms with van der Waals surface area (Å²) in [5.74, 6) is 0.541. The molecular weight excluding hydrogens is 286 g/mol. The second kappa shape index (κ2) is 7.81. The lowest BCUT2D eigenvalue weighted by molar-refractivity contribution is -0.118. The van der Waals surface area contributed by atoms with Gasteiger partial charge in [0.2, 0.25) is 5.91 Å². The van der Waals surface area contributed by atoms with Crippen LogP contribution in [-0.2, 0) is 4.79 Å². The van der Waals surface area contributed by atoms with Crippen molar-refractivity contribution in [1.82, 2.24) is 10.6 Å². The number of methoxy groups -OCH3 is 1. The first-order valence-electron chi connectivity index (χ1n) is 5.65. The Morgan fingerprint density at radius 2 is 2.05 bits per heavy atom. The van der Waals surface area contributed by atoms with Crippen LogP contribution in [0.4, 0.5) is 5.69 Å². The van der Waals surface area contributed by atoms with Gasteiger partial charge in [0.1, 0.15) is 5.75 Å². The van der Waals surface area contributed by atoms with Gasteiger partial charge in [0.25, 0.3) is 0 Å². The molecule has 0 atom stereocenters. The molecule has 0 aliphatic heterocycles. The van der Waals surface area contributed by atoms with Crippen molar-refractivity contribution in [3.8, 4) is 5.75 Å². The average Bonchev–Trinajstić information content (AvgIpc) is 2.35. The van der Waals surface area contributed by atoms with Crippen LogP contribution >= 0.6 is 23.8 Å². The number of nitrogens with one attached hydrogen (secondary N) is 3. The molecule has 0 unspecified atom stereocenters. The van der Waals surface area contributed by atoms with Gasteiger partial charge in [-0.15, -0.1) is 0 Å². The second-order valence-electron chi connectivity index (χ2n) is 3.71. The van der Waals surface area contributed by atoms with Crippen LogP contribution in [0.5, 0.6) is 5.75 Å². The molecule has 0 spiro atoms. The van der Waals surface area contributed by atoms with E-state index in [0.717, 1.165) is 5.69 Å². The van der Waals surface area contributed by atoms with Crippen molar-refractivity contribution in [1.29, 1.82) is 0 Å². The molecule has 0 aliphatic carbocycles. The lowest BCUT2D eigenvalue weighted by atomic mass is 10.3. The number of anilines is 1. The highest BCUT2D eigenvalue weighted by molar-refractivity contribution is 7.80. The van der Waals surface area contributed by atoms with Gasteiger partial charge in [-0.3, -0.25) is 4.79 Å². The van der Waals surface area contributed by atoms with E-state index in [1.54, 1.807) is 19.2 Å². The molecule has 0 fully saturated rings. The Bertz CT molecular complexity index is 468. The molecule has 0 saturated carbocycles. The van der Waals surface area contributed by atoms with Crippen LogP contribution in [0, 0.1) is 0 Å². The third-order valence-corrected chi connectivity index (χ3v) is 2.74. The van der Waals surface area contributed by atoms with Gasteiger partial charge in [0.05, 0.1) is 12.1 Å². The molecule has 1 aromatic rings. The van der Waals surface area contributed by atoms with E-state index in [-0.39, 0.29) is 5.91 Å². The maximum atomic E-state index is 10.7. The summed E-state index contributed by atoms with van der Waals surface area (Å²) in [6.07, 6.45) is 0. The topological polar surface area (TPSA) is 62.4 Å². The lowest BCUT2D eigenvalue weighted by Gasteiger charge is -2.11. The van der Waals surface area contributed by atoms with Gasteiger partial charge in [-0.2, -0.15) is 0 Å². The number of hydrogen-bond donors (Lipinski definition) is 3. The number of halogens is 1. The zero-order chi connectivity index (χ0) is 14.3. The Morgan fingerprint density at radius 3 is 2.63 bits per heavy atom. The van der Waals surface area contributed by atoms with Gasteiger partial charge in [-0.05, 0) is 30.4 Å². The zero-order valence-corrected chi connectivity index (χ0v) is 12.3. The van der Waals surface area contributed by atoms with Crippen LogP contribution in [0.2, 0.25) is 5.02 Å². The number of benzene rings is 1. The van der Waals surface area contributed by atoms with Gasteiger partial charge in [0.15, 0.2) is 5.11 Å². The number of ether oxygens (including phenoxy) is 1. The molecule has 3 N–H and O–H groups in total. The predicted molar refractivity (Wildman–Crippen MR) is 80.9 cm³/mol. The summed E-state index contributed by atoms with van der Waals surface area (Å²) in [7, 11) is 1.56. The van der Waals surface area contributed by atoms with E-state index in [1.807, 2.05) is 6.07 Å². The van der Waals surface area contributed by atoms with E-state index < -0.39 is 0 Å². The summed E-state index contributed by atoms with van der Waals surface area (Å²) < 4.78 is 5.06. The third kappa shape index (κ3) is 5.76. The fourth-order valence-electron chi connectivity index (χ4n) is 1.33. The summed E-state index contributed by atoms with van der Waals surface area (Å²) in [5, 5.41) is 9.59. The fraction of sp³-hybridized carbons (Fsp3) is 0.333. The highest BCUT2D eigenvalue weighted by Crippen LogP contribution is 2.26. The van der Waals surface area contributed by atoms with Crippen molar-refractivity contribution in [3.63, 3.8) is 0 Å². The van der Waals surface area contributed by atoms with Gasteiger partial charge >= 0.3 is 0 Å². The van der Waals surface area contributed by atoms with Crippen LogP contribution < -0.4 is 20.7 Å². The molecule has 0 radical (unpaired) electrons. The van der Waals surface area contributed by atoms with Crippen molar-refractivity contribution >= 4 is 40.5 Å². The molecule has 1 rings (SSSR count). The monoisotopic (exact) mass is 301 g/mol. The van der Waals surface area contributed by atoms with Crippen LogP contribution in [0.15, 0.2) is 18.2 Å². The van der Waals surface area contributed by atoms with Crippen molar-refractivity contribution < 1.29 is 9.53 Å². The Hall–Kier alpha value is -1.53. The van der Waals surface area contributed by atoms with E-state index in [1.165, 1.54) is 6.92 Å². The number of rotatable bonds is 5. The number of amides is 1. The molecule has 0 bridgehead atoms. The van der Waals surface area contributed by atoms with Gasteiger partial charge in [0, 0.05) is 25.7 Å². The minimum absolute atomic E-state index is 0.0670. The third-order valence-electron chi connectivity index (χ3n) is 2.19. The second-order valence-corrected chi connectivity index (χ2v) is 4.53. The Morgan fingerprint density at radius 1 is 1.37 bits per heavy atom. The van der Waals surface area contributed by atoms with Gasteiger partial charge in [-0.25, -0.2) is 0 Å². The largest absolute Gasteiger partial charge is 0.495 e. The molecule has 0 heterocycles. The highest BCUT2D eigenvalue weighted by atomic mass is 35.5. The van der Waals surface area contributed by atoms with Gasteiger partial charge < -0.3 is 20.7 Å². The van der Waals surface area contributed by atoms with Crippen molar-refractivity contribution in [2.45, 2.75) is 6.92 Å². The minimum Gasteiger partial charge on any atom is -0.495 e. The smallest absolute Gasteiger partial charge is 0.216 e. The van der Waals surface area contributed by atoms with Crippen molar-refractivity contribution in [3.05, 3.63) is 23.2 Å². The van der Waals surface area contributed by atoms with E-state index >= 15 is 0 Å². The molecule has 0 aromatic heterocycles. The van der Waals surface area contributed by atoms with E-state index in [4.69, 9.17) is 28.6 Å². The quantitative estimate of drug-likeness (QED) is 0.571. The summed E-state index contributed by atoms with van der Waals surface area (Å²) in [6, 6.07) is 5.29. The summed E-state index contributed by atoms with van der Waals surface area (Å²) >= 11 is 11.1. The van der Waals surface area contributed by atoms with E-state index in [2.05, 4.69) is 16.0 Å². The number of hydrogen-bond acceptors (Lipinski definition) is 3. The first-order chi connectivity index (χ1) is 9.02. The number of carbonyl (C=O) groups excluding carboxylic acids is 1. The normalized spacial score (nSPS) is 9.63. The predicted octanol–water partition coefficient (Wildman–Crippen LogP) is 1.77. The first kappa shape index (κ1) is 15.5. The highest BCUT2D eigenvalue weighted by Gasteiger charge is 2.03. The molecule has 0 saturated heterocycles. The standard InChI is InChI=1S/C12H16ClN3O2S/c1-8(17)14-5-6-15-12(19)16-9-3-4-11(18-2)10(13)7-9/h3-4,7H,5-6H2,1-2H3,(H,14,17)(H2,15,16,19). The zero-order valence-electron chi connectivity index (χ0n) is 10.7. The maximum Gasteiger partial charge on any atom is 0.216 e. The molecule has 0 aliphatic rings. The summed E-state index contributed by atoms with van der Waals surface area (Å²) in [4.78, 5) is 10.7. The van der Waals surface area contributed by atoms with Crippen LogP contribution in [0.25, 0.3) is 0 Å². The van der Waals surface area contributed by atoms with Crippen molar-refractivity contribution in [2.24, 2.45) is 0 Å². The van der Waals surface area contributed by atoms with Crippen LogP contribution in [0.3, 0.4) is 0 Å². The molecule has 7 heteroatoms. The average molecular weight is 302 g/mol. The first-order valence-corrected chi connectivity index (χ1v) is 6.44. The van der Waals surface area contributed by atoms with E-state index in [9.17, 15) is 4.79 Å². The Kier molecular flexibility index (Phi) is 6.38. The molecule has 5 nitrogen and oxygen atoms in total. The molecule has 104 valence electrons. The molecular formula is C12H16ClN3O2S. The van der Waals surface area contributed by atoms with Crippen LogP contribution in [-0.4, -0.2) is 31.2 Å². The fourth-order valence-corrected chi connectivity index (χ4v) is 1.81. The number of thiocarbonyl (C=S) groups is 1. The number of carbonyl (C=O) groups is 1. The SMILES string of the molecule is COc1ccc(NC(=S)NCCNC(C)=O)cc1Cl. The molecule has 19 heavy (non-hydrogen) atoms. The summed E-state index contributed by atoms with van der Waals surface area (Å²) in [5.41, 5.74) is 0.767. The van der Waals surface area contributed by atoms with E-state index in [0.29, 0.717) is 29.0 Å². The molecule has 1 aromatic carbocycles. The maximum absolute atomic E-state index is 10.7.